The van der Waals surface area contributed by atoms with Crippen LogP contribution in [-0.4, -0.2) is 42.2 Å². The summed E-state index contributed by atoms with van der Waals surface area (Å²) in [6.45, 7) is 2.31. The number of likely N-dealkylation sites (tertiary alicyclic amines) is 1. The van der Waals surface area contributed by atoms with E-state index in [0.717, 1.165) is 49.8 Å². The van der Waals surface area contributed by atoms with Gasteiger partial charge in [0, 0.05) is 12.1 Å². The summed E-state index contributed by atoms with van der Waals surface area (Å²) < 4.78 is 20.8. The number of aromatic nitrogens is 1. The van der Waals surface area contributed by atoms with Gasteiger partial charge in [0.15, 0.2) is 5.76 Å². The fraction of sp³-hybridized carbons (Fsp3) is 0.385. The molecule has 0 aliphatic carbocycles. The Labute approximate surface area is 193 Å². The van der Waals surface area contributed by atoms with Gasteiger partial charge in [-0.2, -0.15) is 4.57 Å². The Kier molecular flexibility index (Phi) is 7.40. The van der Waals surface area contributed by atoms with E-state index in [2.05, 4.69) is 29.4 Å². The number of piperidine rings is 1. The summed E-state index contributed by atoms with van der Waals surface area (Å²) >= 11 is 0. The molecule has 2 heterocycles. The first-order valence-electron chi connectivity index (χ1n) is 11.5. The number of oxazole rings is 1. The van der Waals surface area contributed by atoms with Gasteiger partial charge in [0.2, 0.25) is 0 Å². The number of carbonyl (C=O) groups is 1. The van der Waals surface area contributed by atoms with Gasteiger partial charge in [-0.1, -0.05) is 30.3 Å². The molecule has 0 atom stereocenters. The van der Waals surface area contributed by atoms with Crippen LogP contribution < -0.4 is 11.1 Å². The van der Waals surface area contributed by atoms with Crippen LogP contribution in [0.3, 0.4) is 0 Å². The lowest BCUT2D eigenvalue weighted by Crippen LogP contribution is -2.34. The lowest BCUT2D eigenvalue weighted by molar-refractivity contribution is 0.240. The van der Waals surface area contributed by atoms with Crippen LogP contribution in [0.5, 0.6) is 0 Å². The lowest BCUT2D eigenvalue weighted by Gasteiger charge is -2.29. The third-order valence-corrected chi connectivity index (χ3v) is 6.31. The van der Waals surface area contributed by atoms with Crippen molar-refractivity contribution in [3.8, 4) is 11.3 Å². The molecule has 1 N–H and O–H groups in total. The summed E-state index contributed by atoms with van der Waals surface area (Å²) in [5.41, 5.74) is 2.49. The molecular weight excluding hydrogens is 421 g/mol. The molecule has 2 aromatic carbocycles. The molecule has 4 rings (SSSR count). The summed E-state index contributed by atoms with van der Waals surface area (Å²) in [6, 6.07) is 14.4. The second kappa shape index (κ2) is 10.6. The van der Waals surface area contributed by atoms with Crippen molar-refractivity contribution >= 4 is 6.03 Å². The normalized spacial score (nSPS) is 15.0. The fourth-order valence-electron chi connectivity index (χ4n) is 4.32. The summed E-state index contributed by atoms with van der Waals surface area (Å²) in [5, 5.41) is 2.77. The van der Waals surface area contributed by atoms with Crippen molar-refractivity contribution in [2.45, 2.75) is 38.0 Å². The second-order valence-electron chi connectivity index (χ2n) is 8.72. The minimum absolute atomic E-state index is 0.133. The average molecular weight is 452 g/mol. The van der Waals surface area contributed by atoms with Gasteiger partial charge in [0.05, 0.1) is 6.20 Å². The highest BCUT2D eigenvalue weighted by Gasteiger charge is 2.22. The van der Waals surface area contributed by atoms with Crippen molar-refractivity contribution in [1.29, 1.82) is 0 Å². The largest absolute Gasteiger partial charge is 0.427 e. The van der Waals surface area contributed by atoms with E-state index in [1.807, 2.05) is 18.2 Å². The van der Waals surface area contributed by atoms with E-state index in [0.29, 0.717) is 17.7 Å². The van der Waals surface area contributed by atoms with Crippen LogP contribution in [0.4, 0.5) is 9.18 Å². The van der Waals surface area contributed by atoms with Crippen LogP contribution in [0, 0.1) is 5.82 Å². The summed E-state index contributed by atoms with van der Waals surface area (Å²) in [6.07, 6.45) is 5.83. The van der Waals surface area contributed by atoms with Gasteiger partial charge in [-0.3, -0.25) is 0 Å². The quantitative estimate of drug-likeness (QED) is 0.532. The highest BCUT2D eigenvalue weighted by molar-refractivity contribution is 5.77. The van der Waals surface area contributed by atoms with Crippen LogP contribution in [0.25, 0.3) is 11.3 Å². The smallest absolute Gasteiger partial charge is 0.407 e. The molecule has 174 valence electrons. The van der Waals surface area contributed by atoms with Crippen molar-refractivity contribution in [3.05, 3.63) is 82.2 Å². The Morgan fingerprint density at radius 2 is 1.88 bits per heavy atom. The maximum absolute atomic E-state index is 14.5. The van der Waals surface area contributed by atoms with Crippen LogP contribution in [0.1, 0.15) is 42.7 Å². The molecule has 33 heavy (non-hydrogen) atoms. The van der Waals surface area contributed by atoms with E-state index < -0.39 is 11.8 Å². The number of aryl methyl sites for hydroxylation is 1. The highest BCUT2D eigenvalue weighted by atomic mass is 19.1. The first kappa shape index (κ1) is 23.0. The number of nitrogens with zero attached hydrogens (tertiary/aromatic N) is 2. The van der Waals surface area contributed by atoms with Crippen molar-refractivity contribution < 1.29 is 13.6 Å². The summed E-state index contributed by atoms with van der Waals surface area (Å²) in [5.74, 6) is -0.608. The fourth-order valence-corrected chi connectivity index (χ4v) is 4.32. The number of rotatable bonds is 7. The van der Waals surface area contributed by atoms with Crippen molar-refractivity contribution in [2.24, 2.45) is 0 Å². The molecule has 0 radical (unpaired) electrons. The van der Waals surface area contributed by atoms with Gasteiger partial charge >= 0.3 is 11.8 Å². The predicted octanol–water partition coefficient (Wildman–Crippen LogP) is 4.64. The SMILES string of the molecule is CN1CCC(c2cc(-c3cn(C(=O)NCCCCc4ccccc4)c(=O)o3)ccc2F)CC1. The molecule has 1 aromatic heterocycles. The van der Waals surface area contributed by atoms with Crippen LogP contribution in [-0.2, 0) is 6.42 Å². The molecular formula is C26H30FN3O3. The Morgan fingerprint density at radius 3 is 2.64 bits per heavy atom. The van der Waals surface area contributed by atoms with E-state index in [4.69, 9.17) is 4.42 Å². The van der Waals surface area contributed by atoms with E-state index in [1.165, 1.54) is 17.8 Å². The third kappa shape index (κ3) is 5.79. The number of hydrogen-bond donors (Lipinski definition) is 1. The van der Waals surface area contributed by atoms with Gasteiger partial charge in [-0.05, 0) is 87.5 Å². The highest BCUT2D eigenvalue weighted by Crippen LogP contribution is 2.32. The zero-order valence-corrected chi connectivity index (χ0v) is 18.9. The third-order valence-electron chi connectivity index (χ3n) is 6.31. The number of benzene rings is 2. The maximum Gasteiger partial charge on any atom is 0.427 e. The molecule has 0 bridgehead atoms. The molecule has 0 unspecified atom stereocenters. The van der Waals surface area contributed by atoms with Crippen molar-refractivity contribution in [2.75, 3.05) is 26.7 Å². The molecule has 3 aromatic rings. The van der Waals surface area contributed by atoms with Gasteiger partial charge in [0.25, 0.3) is 0 Å². The molecule has 7 heteroatoms. The number of nitrogens with one attached hydrogen (secondary N) is 1. The standard InChI is InChI=1S/C26H30FN3O3/c1-29-15-12-20(13-16-29)22-17-21(10-11-23(22)27)24-18-30(26(32)33-24)25(31)28-14-6-5-9-19-7-3-2-4-8-19/h2-4,7-8,10-11,17-18,20H,5-6,9,12-16H2,1H3,(H,28,31). The number of unbranched alkanes of at least 4 members (excludes halogenated alkanes) is 1. The van der Waals surface area contributed by atoms with Crippen LogP contribution >= 0.6 is 0 Å². The molecule has 0 spiro atoms. The van der Waals surface area contributed by atoms with E-state index in [1.54, 1.807) is 12.1 Å². The van der Waals surface area contributed by atoms with Crippen LogP contribution in [0.2, 0.25) is 0 Å². The molecule has 0 saturated carbocycles. The lowest BCUT2D eigenvalue weighted by atomic mass is 9.88. The average Bonchev–Trinajstić information content (AvgIpc) is 3.22. The Balaban J connectivity index is 1.37. The minimum Gasteiger partial charge on any atom is -0.407 e. The number of hydrogen-bond acceptors (Lipinski definition) is 4. The second-order valence-corrected chi connectivity index (χ2v) is 8.72. The van der Waals surface area contributed by atoms with Crippen molar-refractivity contribution in [3.63, 3.8) is 0 Å². The van der Waals surface area contributed by atoms with E-state index >= 15 is 0 Å². The van der Waals surface area contributed by atoms with E-state index in [9.17, 15) is 14.0 Å². The molecule has 6 nitrogen and oxygen atoms in total. The number of carbonyl (C=O) groups excluding carboxylic acids is 1. The summed E-state index contributed by atoms with van der Waals surface area (Å²) in [4.78, 5) is 27.0. The Morgan fingerprint density at radius 1 is 1.12 bits per heavy atom. The molecule has 1 aliphatic rings. The Bertz CT molecular complexity index is 1130. The molecule has 1 saturated heterocycles. The Hall–Kier alpha value is -3.19. The molecule has 1 aliphatic heterocycles. The first-order chi connectivity index (χ1) is 16.0. The minimum atomic E-state index is -0.753. The van der Waals surface area contributed by atoms with Gasteiger partial charge < -0.3 is 14.6 Å². The topological polar surface area (TPSA) is 67.5 Å². The molecule has 1 amide bonds. The molecule has 1 fully saturated rings. The van der Waals surface area contributed by atoms with E-state index in [-0.39, 0.29) is 17.5 Å². The maximum atomic E-state index is 14.5. The summed E-state index contributed by atoms with van der Waals surface area (Å²) in [7, 11) is 2.06. The number of amides is 1. The van der Waals surface area contributed by atoms with Gasteiger partial charge in [-0.15, -0.1) is 0 Å². The predicted molar refractivity (Wildman–Crippen MR) is 126 cm³/mol. The number of halogens is 1. The monoisotopic (exact) mass is 451 g/mol. The first-order valence-corrected chi connectivity index (χ1v) is 11.5. The van der Waals surface area contributed by atoms with Gasteiger partial charge in [-0.25, -0.2) is 14.0 Å². The zero-order valence-electron chi connectivity index (χ0n) is 18.9. The zero-order chi connectivity index (χ0) is 23.2. The van der Waals surface area contributed by atoms with Crippen LogP contribution in [0.15, 0.2) is 63.9 Å². The van der Waals surface area contributed by atoms with Gasteiger partial charge in [0.1, 0.15) is 5.82 Å². The van der Waals surface area contributed by atoms with Crippen molar-refractivity contribution in [1.82, 2.24) is 14.8 Å².